The van der Waals surface area contributed by atoms with Gasteiger partial charge in [0.1, 0.15) is 5.78 Å². The lowest BCUT2D eigenvalue weighted by molar-refractivity contribution is -0.119. The molecule has 0 bridgehead atoms. The number of ketones is 1. The molecule has 120 valence electrons. The summed E-state index contributed by atoms with van der Waals surface area (Å²) >= 11 is 0. The van der Waals surface area contributed by atoms with Gasteiger partial charge in [0.2, 0.25) is 0 Å². The van der Waals surface area contributed by atoms with Gasteiger partial charge in [-0.15, -0.1) is 24.8 Å². The van der Waals surface area contributed by atoms with Gasteiger partial charge in [-0.25, -0.2) is 0 Å². The quantitative estimate of drug-likeness (QED) is 0.749. The minimum atomic E-state index is 0. The molecule has 2 aliphatic heterocycles. The van der Waals surface area contributed by atoms with E-state index in [4.69, 9.17) is 0 Å². The Kier molecular flexibility index (Phi) is 11.9. The Labute approximate surface area is 136 Å². The number of halogens is 2. The lowest BCUT2D eigenvalue weighted by Gasteiger charge is -2.27. The summed E-state index contributed by atoms with van der Waals surface area (Å²) in [6, 6.07) is 0. The standard InChI is InChI=1S/C15H28N2O.2ClH/c18-15(7-13-16-9-3-1-4-10-16)8-14-17-11-5-2-6-12-17;;/h1-14H2;2*1H. The maximum Gasteiger partial charge on any atom is 0.135 e. The van der Waals surface area contributed by atoms with Crippen LogP contribution in [0, 0.1) is 0 Å². The van der Waals surface area contributed by atoms with Gasteiger partial charge in [-0.1, -0.05) is 12.8 Å². The number of hydrogen-bond acceptors (Lipinski definition) is 3. The molecule has 20 heavy (non-hydrogen) atoms. The van der Waals surface area contributed by atoms with E-state index in [9.17, 15) is 4.79 Å². The van der Waals surface area contributed by atoms with Crippen molar-refractivity contribution >= 4 is 30.6 Å². The third kappa shape index (κ3) is 7.82. The molecule has 0 N–H and O–H groups in total. The molecule has 0 unspecified atom stereocenters. The number of Topliss-reactive ketones (excluding diaryl/α,β-unsaturated/α-hetero) is 1. The topological polar surface area (TPSA) is 23.6 Å². The largest absolute Gasteiger partial charge is 0.303 e. The molecule has 0 spiro atoms. The fraction of sp³-hybridized carbons (Fsp3) is 0.933. The number of piperidine rings is 2. The zero-order valence-corrected chi connectivity index (χ0v) is 14.2. The van der Waals surface area contributed by atoms with Gasteiger partial charge in [0.25, 0.3) is 0 Å². The molecule has 0 radical (unpaired) electrons. The first-order valence-corrected chi connectivity index (χ1v) is 7.81. The Bertz CT molecular complexity index is 228. The van der Waals surface area contributed by atoms with E-state index in [2.05, 4.69) is 9.80 Å². The highest BCUT2D eigenvalue weighted by Gasteiger charge is 2.14. The predicted molar refractivity (Wildman–Crippen MR) is 89.3 cm³/mol. The summed E-state index contributed by atoms with van der Waals surface area (Å²) in [6.45, 7) is 6.83. The predicted octanol–water partition coefficient (Wildman–Crippen LogP) is 3.15. The summed E-state index contributed by atoms with van der Waals surface area (Å²) in [5.41, 5.74) is 0. The highest BCUT2D eigenvalue weighted by molar-refractivity contribution is 5.85. The first kappa shape index (κ1) is 20.2. The molecule has 3 nitrogen and oxygen atoms in total. The Morgan fingerprint density at radius 1 is 0.650 bits per heavy atom. The monoisotopic (exact) mass is 324 g/mol. The van der Waals surface area contributed by atoms with Gasteiger partial charge in [-0.05, 0) is 51.9 Å². The average molecular weight is 325 g/mol. The van der Waals surface area contributed by atoms with Crippen LogP contribution < -0.4 is 0 Å². The fourth-order valence-corrected chi connectivity index (χ4v) is 3.06. The number of carbonyl (C=O) groups is 1. The van der Waals surface area contributed by atoms with Crippen LogP contribution in [0.4, 0.5) is 0 Å². The Morgan fingerprint density at radius 2 is 1.00 bits per heavy atom. The first-order valence-electron chi connectivity index (χ1n) is 7.81. The molecule has 2 saturated heterocycles. The van der Waals surface area contributed by atoms with Crippen molar-refractivity contribution in [1.29, 1.82) is 0 Å². The summed E-state index contributed by atoms with van der Waals surface area (Å²) in [7, 11) is 0. The minimum Gasteiger partial charge on any atom is -0.303 e. The van der Waals surface area contributed by atoms with E-state index in [1.165, 1.54) is 64.7 Å². The maximum atomic E-state index is 11.9. The summed E-state index contributed by atoms with van der Waals surface area (Å²) in [6.07, 6.45) is 9.58. The second kappa shape index (κ2) is 11.8. The second-order valence-corrected chi connectivity index (χ2v) is 5.84. The van der Waals surface area contributed by atoms with Crippen LogP contribution in [0.5, 0.6) is 0 Å². The third-order valence-electron chi connectivity index (χ3n) is 4.31. The van der Waals surface area contributed by atoms with Crippen molar-refractivity contribution in [2.24, 2.45) is 0 Å². The van der Waals surface area contributed by atoms with Gasteiger partial charge in [0.05, 0.1) is 0 Å². The van der Waals surface area contributed by atoms with Gasteiger partial charge in [0.15, 0.2) is 0 Å². The fourth-order valence-electron chi connectivity index (χ4n) is 3.06. The highest BCUT2D eigenvalue weighted by atomic mass is 35.5. The van der Waals surface area contributed by atoms with Crippen molar-refractivity contribution < 1.29 is 4.79 Å². The molecule has 2 heterocycles. The van der Waals surface area contributed by atoms with E-state index >= 15 is 0 Å². The molecule has 0 saturated carbocycles. The van der Waals surface area contributed by atoms with Crippen molar-refractivity contribution in [2.45, 2.75) is 51.4 Å². The van der Waals surface area contributed by atoms with Crippen LogP contribution in [-0.2, 0) is 4.79 Å². The molecule has 0 aromatic rings. The normalized spacial score (nSPS) is 20.8. The van der Waals surface area contributed by atoms with Gasteiger partial charge >= 0.3 is 0 Å². The maximum absolute atomic E-state index is 11.9. The number of likely N-dealkylation sites (tertiary alicyclic amines) is 2. The number of nitrogens with zero attached hydrogens (tertiary/aromatic N) is 2. The molecule has 2 fully saturated rings. The Balaban J connectivity index is 0.00000180. The zero-order chi connectivity index (χ0) is 12.6. The molecular formula is C15H30Cl2N2O. The number of rotatable bonds is 6. The van der Waals surface area contributed by atoms with Crippen LogP contribution in [0.15, 0.2) is 0 Å². The van der Waals surface area contributed by atoms with Crippen molar-refractivity contribution in [1.82, 2.24) is 9.80 Å². The van der Waals surface area contributed by atoms with Crippen LogP contribution in [-0.4, -0.2) is 54.9 Å². The number of hydrogen-bond donors (Lipinski definition) is 0. The van der Waals surface area contributed by atoms with Crippen LogP contribution in [0.1, 0.15) is 51.4 Å². The second-order valence-electron chi connectivity index (χ2n) is 5.84. The molecular weight excluding hydrogens is 295 g/mol. The first-order chi connectivity index (χ1) is 8.84. The van der Waals surface area contributed by atoms with Gasteiger partial charge in [-0.2, -0.15) is 0 Å². The summed E-state index contributed by atoms with van der Waals surface area (Å²) < 4.78 is 0. The van der Waals surface area contributed by atoms with Crippen LogP contribution >= 0.6 is 24.8 Å². The van der Waals surface area contributed by atoms with Gasteiger partial charge < -0.3 is 9.80 Å². The van der Waals surface area contributed by atoms with Crippen molar-refractivity contribution in [3.63, 3.8) is 0 Å². The molecule has 0 amide bonds. The Morgan fingerprint density at radius 3 is 1.35 bits per heavy atom. The SMILES string of the molecule is Cl.Cl.O=C(CCN1CCCCC1)CCN1CCCCC1. The van der Waals surface area contributed by atoms with Crippen LogP contribution in [0.2, 0.25) is 0 Å². The number of carbonyl (C=O) groups excluding carboxylic acids is 1. The average Bonchev–Trinajstić information content (AvgIpc) is 2.45. The minimum absolute atomic E-state index is 0. The van der Waals surface area contributed by atoms with E-state index < -0.39 is 0 Å². The van der Waals surface area contributed by atoms with Crippen molar-refractivity contribution in [3.05, 3.63) is 0 Å². The highest BCUT2D eigenvalue weighted by Crippen LogP contribution is 2.11. The molecule has 2 aliphatic rings. The zero-order valence-electron chi connectivity index (χ0n) is 12.5. The lowest BCUT2D eigenvalue weighted by Crippen LogP contribution is -2.33. The van der Waals surface area contributed by atoms with Crippen molar-refractivity contribution in [3.8, 4) is 0 Å². The van der Waals surface area contributed by atoms with E-state index in [1.807, 2.05) is 0 Å². The van der Waals surface area contributed by atoms with Crippen LogP contribution in [0.3, 0.4) is 0 Å². The summed E-state index contributed by atoms with van der Waals surface area (Å²) in [5, 5.41) is 0. The molecule has 0 aromatic carbocycles. The molecule has 2 rings (SSSR count). The van der Waals surface area contributed by atoms with Gasteiger partial charge in [0, 0.05) is 25.9 Å². The Hall–Kier alpha value is 0.170. The molecule has 0 aromatic heterocycles. The lowest BCUT2D eigenvalue weighted by atomic mass is 10.1. The summed E-state index contributed by atoms with van der Waals surface area (Å²) in [5.74, 6) is 0.464. The third-order valence-corrected chi connectivity index (χ3v) is 4.31. The summed E-state index contributed by atoms with van der Waals surface area (Å²) in [4.78, 5) is 16.8. The molecule has 5 heteroatoms. The molecule has 0 aliphatic carbocycles. The van der Waals surface area contributed by atoms with E-state index in [0.717, 1.165) is 25.9 Å². The van der Waals surface area contributed by atoms with E-state index in [0.29, 0.717) is 5.78 Å². The smallest absolute Gasteiger partial charge is 0.135 e. The van der Waals surface area contributed by atoms with E-state index in [-0.39, 0.29) is 24.8 Å². The van der Waals surface area contributed by atoms with Crippen LogP contribution in [0.25, 0.3) is 0 Å². The molecule has 0 atom stereocenters. The van der Waals surface area contributed by atoms with E-state index in [1.54, 1.807) is 0 Å². The van der Waals surface area contributed by atoms with Gasteiger partial charge in [-0.3, -0.25) is 4.79 Å². The van der Waals surface area contributed by atoms with Crippen molar-refractivity contribution in [2.75, 3.05) is 39.3 Å².